The first-order valence-electron chi connectivity index (χ1n) is 9.29. The van der Waals surface area contributed by atoms with Crippen LogP contribution < -0.4 is 0 Å². The summed E-state index contributed by atoms with van der Waals surface area (Å²) in [6, 6.07) is 0. The van der Waals surface area contributed by atoms with Crippen LogP contribution in [0.1, 0.15) is 66.1 Å². The predicted octanol–water partition coefficient (Wildman–Crippen LogP) is 5.83. The van der Waals surface area contributed by atoms with Gasteiger partial charge in [-0.15, -0.1) is 5.73 Å². The van der Waals surface area contributed by atoms with Gasteiger partial charge in [0.1, 0.15) is 5.56 Å². The fourth-order valence-electron chi connectivity index (χ4n) is 2.04. The lowest BCUT2D eigenvalue weighted by Crippen LogP contribution is -2.33. The Kier molecular flexibility index (Phi) is 11.8. The molecule has 0 radical (unpaired) electrons. The van der Waals surface area contributed by atoms with Crippen molar-refractivity contribution in [3.8, 4) is 0 Å². The standard InChI is InChI=1S/C15H19F5N2O3S.2C2H6/c1-6-7-10(8-13(2,3)25-5)26(23,24)15(19,20)12-11(14(16,17)18)9-22(4)21-12;2*1-2/h6,9H,8H2,1-5H3;2*1-2H3. The number of nitrogens with zero attached hydrogens (tertiary/aromatic N) is 2. The Labute approximate surface area is 175 Å². The van der Waals surface area contributed by atoms with Crippen molar-refractivity contribution in [2.24, 2.45) is 7.05 Å². The lowest BCUT2D eigenvalue weighted by Gasteiger charge is -2.25. The number of ether oxygens (including phenoxy) is 1. The molecule has 1 aromatic heterocycles. The van der Waals surface area contributed by atoms with E-state index in [-0.39, 0.29) is 0 Å². The van der Waals surface area contributed by atoms with E-state index < -0.39 is 49.5 Å². The molecule has 11 heteroatoms. The van der Waals surface area contributed by atoms with Crippen molar-refractivity contribution in [3.05, 3.63) is 34.2 Å². The number of aryl methyl sites for hydroxylation is 1. The summed E-state index contributed by atoms with van der Waals surface area (Å²) >= 11 is 0. The highest BCUT2D eigenvalue weighted by Gasteiger charge is 2.56. The van der Waals surface area contributed by atoms with Crippen molar-refractivity contribution in [1.82, 2.24) is 9.78 Å². The zero-order valence-corrected chi connectivity index (χ0v) is 19.6. The Bertz CT molecular complexity index is 835. The van der Waals surface area contributed by atoms with Gasteiger partial charge in [-0.1, -0.05) is 27.7 Å². The predicted molar refractivity (Wildman–Crippen MR) is 107 cm³/mol. The third kappa shape index (κ3) is 7.21. The molecule has 0 aliphatic carbocycles. The Morgan fingerprint density at radius 3 is 2.00 bits per heavy atom. The van der Waals surface area contributed by atoms with Gasteiger partial charge in [-0.3, -0.25) is 4.68 Å². The molecule has 0 aromatic carbocycles. The van der Waals surface area contributed by atoms with E-state index in [0.717, 1.165) is 13.1 Å². The van der Waals surface area contributed by atoms with Crippen LogP contribution in [0.25, 0.3) is 0 Å². The number of rotatable bonds is 6. The number of halogens is 5. The quantitative estimate of drug-likeness (QED) is 0.394. The zero-order valence-electron chi connectivity index (χ0n) is 18.8. The summed E-state index contributed by atoms with van der Waals surface area (Å²) in [5.41, 5.74) is -2.68. The van der Waals surface area contributed by atoms with Gasteiger partial charge in [-0.25, -0.2) is 8.42 Å². The van der Waals surface area contributed by atoms with Gasteiger partial charge in [-0.2, -0.15) is 27.1 Å². The second-order valence-corrected chi connectivity index (χ2v) is 8.09. The maximum Gasteiger partial charge on any atom is 0.419 e. The summed E-state index contributed by atoms with van der Waals surface area (Å²) in [5.74, 6) is 0. The van der Waals surface area contributed by atoms with Crippen LogP contribution in [0, 0.1) is 0 Å². The van der Waals surface area contributed by atoms with E-state index in [9.17, 15) is 30.4 Å². The highest BCUT2D eigenvalue weighted by molar-refractivity contribution is 7.95. The summed E-state index contributed by atoms with van der Waals surface area (Å²) in [6.45, 7) is 12.2. The first kappa shape index (κ1) is 30.5. The highest BCUT2D eigenvalue weighted by Crippen LogP contribution is 2.44. The number of sulfone groups is 1. The molecule has 0 saturated carbocycles. The van der Waals surface area contributed by atoms with Gasteiger partial charge >= 0.3 is 11.4 Å². The van der Waals surface area contributed by atoms with Crippen LogP contribution >= 0.6 is 0 Å². The van der Waals surface area contributed by atoms with Crippen molar-refractivity contribution < 1.29 is 35.1 Å². The van der Waals surface area contributed by atoms with E-state index >= 15 is 0 Å². The zero-order chi connectivity index (χ0) is 24.6. The van der Waals surface area contributed by atoms with Crippen LogP contribution in [-0.4, -0.2) is 30.9 Å². The van der Waals surface area contributed by atoms with Crippen LogP contribution in [0.2, 0.25) is 0 Å². The molecule has 1 rings (SSSR count). The molecule has 0 fully saturated rings. The van der Waals surface area contributed by atoms with E-state index in [0.29, 0.717) is 10.9 Å². The molecule has 0 unspecified atom stereocenters. The van der Waals surface area contributed by atoms with Gasteiger partial charge in [0.2, 0.25) is 0 Å². The maximum atomic E-state index is 14.7. The van der Waals surface area contributed by atoms with Gasteiger partial charge < -0.3 is 4.74 Å². The van der Waals surface area contributed by atoms with E-state index in [4.69, 9.17) is 4.74 Å². The Morgan fingerprint density at radius 1 is 1.17 bits per heavy atom. The molecular formula is C19H31F5N2O3S. The summed E-state index contributed by atoms with van der Waals surface area (Å²) in [7, 11) is -3.31. The molecule has 0 saturated heterocycles. The number of methoxy groups -OCH3 is 1. The topological polar surface area (TPSA) is 61.2 Å². The van der Waals surface area contributed by atoms with Gasteiger partial charge in [0, 0.05) is 26.8 Å². The van der Waals surface area contributed by atoms with E-state index in [2.05, 4.69) is 10.8 Å². The Balaban J connectivity index is 0. The van der Waals surface area contributed by atoms with Crippen molar-refractivity contribution in [2.45, 2.75) is 71.9 Å². The molecule has 0 N–H and O–H groups in total. The van der Waals surface area contributed by atoms with Gasteiger partial charge in [0.25, 0.3) is 9.84 Å². The molecule has 0 atom stereocenters. The molecule has 0 spiro atoms. The van der Waals surface area contributed by atoms with Crippen molar-refractivity contribution in [1.29, 1.82) is 0 Å². The van der Waals surface area contributed by atoms with Crippen LogP contribution in [-0.2, 0) is 33.1 Å². The molecule has 0 aliphatic heterocycles. The average Bonchev–Trinajstić information content (AvgIpc) is 3.07. The Hall–Kier alpha value is -1.71. The first-order chi connectivity index (χ1) is 13.6. The molecular weight excluding hydrogens is 431 g/mol. The molecule has 0 bridgehead atoms. The molecule has 5 nitrogen and oxygen atoms in total. The van der Waals surface area contributed by atoms with Crippen LogP contribution in [0.3, 0.4) is 0 Å². The summed E-state index contributed by atoms with van der Waals surface area (Å²) < 4.78 is 99.0. The van der Waals surface area contributed by atoms with E-state index in [1.165, 1.54) is 27.9 Å². The van der Waals surface area contributed by atoms with Crippen molar-refractivity contribution >= 4 is 9.84 Å². The smallest absolute Gasteiger partial charge is 0.378 e. The minimum absolute atomic E-state index is 0.302. The van der Waals surface area contributed by atoms with Gasteiger partial charge in [0.15, 0.2) is 5.69 Å². The van der Waals surface area contributed by atoms with Crippen molar-refractivity contribution in [3.63, 3.8) is 0 Å². The normalized spacial score (nSPS) is 12.1. The number of hydrogen-bond acceptors (Lipinski definition) is 4. The minimum Gasteiger partial charge on any atom is -0.378 e. The second kappa shape index (κ2) is 11.6. The van der Waals surface area contributed by atoms with Crippen molar-refractivity contribution in [2.75, 3.05) is 7.11 Å². The van der Waals surface area contributed by atoms with E-state index in [1.807, 2.05) is 27.7 Å². The Morgan fingerprint density at radius 2 is 1.63 bits per heavy atom. The summed E-state index contributed by atoms with van der Waals surface area (Å²) in [6.07, 6.45) is -4.33. The molecule has 0 amide bonds. The lowest BCUT2D eigenvalue weighted by atomic mass is 10.1. The fourth-order valence-corrected chi connectivity index (χ4v) is 3.56. The largest absolute Gasteiger partial charge is 0.419 e. The van der Waals surface area contributed by atoms with E-state index in [1.54, 1.807) is 0 Å². The first-order valence-corrected chi connectivity index (χ1v) is 10.8. The summed E-state index contributed by atoms with van der Waals surface area (Å²) in [5, 5.41) is -1.85. The SMILES string of the molecule is CC.CC.CC=C=C(CC(C)(C)OC)S(=O)(=O)C(F)(F)c1nn(C)cc1C(F)(F)F. The number of alkyl halides is 5. The monoisotopic (exact) mass is 462 g/mol. The molecule has 30 heavy (non-hydrogen) atoms. The van der Waals surface area contributed by atoms with Crippen LogP contribution in [0.4, 0.5) is 22.0 Å². The molecule has 0 aliphatic rings. The maximum absolute atomic E-state index is 14.7. The molecule has 176 valence electrons. The number of aromatic nitrogens is 2. The minimum atomic E-state index is -5.54. The highest BCUT2D eigenvalue weighted by atomic mass is 32.2. The molecule has 1 heterocycles. The van der Waals surface area contributed by atoms with Crippen LogP contribution in [0.5, 0.6) is 0 Å². The third-order valence-corrected chi connectivity index (χ3v) is 5.30. The molecule has 1 aromatic rings. The third-order valence-electron chi connectivity index (χ3n) is 3.52. The van der Waals surface area contributed by atoms with Gasteiger partial charge in [0.05, 0.1) is 10.5 Å². The lowest BCUT2D eigenvalue weighted by molar-refractivity contribution is -0.140. The fraction of sp³-hybridized carbons (Fsp3) is 0.684. The average molecular weight is 463 g/mol. The van der Waals surface area contributed by atoms with Crippen LogP contribution in [0.15, 0.2) is 22.9 Å². The second-order valence-electron chi connectivity index (χ2n) is 6.08. The number of hydrogen-bond donors (Lipinski definition) is 0. The van der Waals surface area contributed by atoms with Gasteiger partial charge in [-0.05, 0) is 26.8 Å². The summed E-state index contributed by atoms with van der Waals surface area (Å²) in [4.78, 5) is -0.879.